The average molecular weight is 360 g/mol. The van der Waals surface area contributed by atoms with Gasteiger partial charge in [-0.3, -0.25) is 0 Å². The number of fused-ring (bicyclic) bond motifs is 3. The molecule has 1 aromatic carbocycles. The minimum absolute atomic E-state index is 0.485. The second kappa shape index (κ2) is 6.21. The molecular weight excluding hydrogens is 340 g/mol. The number of ether oxygens (including phenoxy) is 1. The standard InChI is InChI=1S/C20H20N6O/c1-25-7-6-14-16(25)4-3-15-18(14)23-19(13-2-5-17(21)22-12-13)24-20(15)26-8-10-27-11-9-26/h2-7,12H,8-11H2,1H3,(H2,21,22). The quantitative estimate of drug-likeness (QED) is 0.592. The minimum Gasteiger partial charge on any atom is -0.384 e. The van der Waals surface area contributed by atoms with E-state index >= 15 is 0 Å². The number of benzene rings is 1. The summed E-state index contributed by atoms with van der Waals surface area (Å²) < 4.78 is 7.63. The number of rotatable bonds is 2. The summed E-state index contributed by atoms with van der Waals surface area (Å²) in [5, 5.41) is 2.18. The Morgan fingerprint density at radius 2 is 1.85 bits per heavy atom. The van der Waals surface area contributed by atoms with Crippen molar-refractivity contribution in [2.45, 2.75) is 0 Å². The number of anilines is 2. The third-order valence-corrected chi connectivity index (χ3v) is 5.06. The van der Waals surface area contributed by atoms with Gasteiger partial charge in [0.25, 0.3) is 0 Å². The van der Waals surface area contributed by atoms with Crippen LogP contribution in [0.3, 0.4) is 0 Å². The number of nitrogens with two attached hydrogens (primary N) is 1. The number of hydrogen-bond acceptors (Lipinski definition) is 6. The molecule has 1 fully saturated rings. The number of morpholine rings is 1. The monoisotopic (exact) mass is 360 g/mol. The first kappa shape index (κ1) is 16.0. The first-order chi connectivity index (χ1) is 13.2. The Morgan fingerprint density at radius 1 is 1.00 bits per heavy atom. The van der Waals surface area contributed by atoms with Crippen LogP contribution in [0.2, 0.25) is 0 Å². The zero-order valence-corrected chi connectivity index (χ0v) is 15.1. The van der Waals surface area contributed by atoms with Crippen LogP contribution in [-0.2, 0) is 11.8 Å². The topological polar surface area (TPSA) is 82.1 Å². The first-order valence-corrected chi connectivity index (χ1v) is 9.01. The molecule has 0 spiro atoms. The summed E-state index contributed by atoms with van der Waals surface area (Å²) in [4.78, 5) is 16.3. The number of aryl methyl sites for hydroxylation is 1. The van der Waals surface area contributed by atoms with Crippen LogP contribution in [0.1, 0.15) is 0 Å². The van der Waals surface area contributed by atoms with E-state index in [1.807, 2.05) is 13.1 Å². The Morgan fingerprint density at radius 3 is 2.63 bits per heavy atom. The van der Waals surface area contributed by atoms with Gasteiger partial charge in [-0.1, -0.05) is 0 Å². The molecule has 1 aliphatic rings. The Hall–Kier alpha value is -3.19. The van der Waals surface area contributed by atoms with E-state index in [2.05, 4.69) is 38.8 Å². The Kier molecular flexibility index (Phi) is 3.68. The zero-order chi connectivity index (χ0) is 18.4. The Labute approximate surface area is 156 Å². The van der Waals surface area contributed by atoms with E-state index in [4.69, 9.17) is 20.4 Å². The third-order valence-electron chi connectivity index (χ3n) is 5.06. The van der Waals surface area contributed by atoms with Gasteiger partial charge in [-0.05, 0) is 30.3 Å². The highest BCUT2D eigenvalue weighted by Crippen LogP contribution is 2.33. The van der Waals surface area contributed by atoms with Gasteiger partial charge in [0.15, 0.2) is 5.82 Å². The van der Waals surface area contributed by atoms with Gasteiger partial charge in [0.2, 0.25) is 0 Å². The molecule has 0 atom stereocenters. The van der Waals surface area contributed by atoms with E-state index in [1.165, 1.54) is 0 Å². The van der Waals surface area contributed by atoms with Crippen molar-refractivity contribution in [2.75, 3.05) is 36.9 Å². The third kappa shape index (κ3) is 2.67. The summed E-state index contributed by atoms with van der Waals surface area (Å²) in [6, 6.07) is 10.1. The summed E-state index contributed by atoms with van der Waals surface area (Å²) >= 11 is 0. The summed E-state index contributed by atoms with van der Waals surface area (Å²) in [7, 11) is 2.04. The van der Waals surface area contributed by atoms with Crippen LogP contribution in [0, 0.1) is 0 Å². The molecule has 3 aromatic heterocycles. The minimum atomic E-state index is 0.485. The molecule has 0 unspecified atom stereocenters. The lowest BCUT2D eigenvalue weighted by Gasteiger charge is -2.29. The van der Waals surface area contributed by atoms with Gasteiger partial charge < -0.3 is 19.9 Å². The fraction of sp³-hybridized carbons (Fsp3) is 0.250. The normalized spacial score (nSPS) is 14.9. The van der Waals surface area contributed by atoms with E-state index in [1.54, 1.807) is 12.3 Å². The maximum atomic E-state index is 5.74. The summed E-state index contributed by atoms with van der Waals surface area (Å²) in [6.07, 6.45) is 3.79. The van der Waals surface area contributed by atoms with Gasteiger partial charge >= 0.3 is 0 Å². The van der Waals surface area contributed by atoms with Gasteiger partial charge in [0.1, 0.15) is 11.6 Å². The highest BCUT2D eigenvalue weighted by atomic mass is 16.5. The molecular formula is C20H20N6O. The highest BCUT2D eigenvalue weighted by molar-refractivity contribution is 6.08. The lowest BCUT2D eigenvalue weighted by atomic mass is 10.1. The second-order valence-electron chi connectivity index (χ2n) is 6.76. The highest BCUT2D eigenvalue weighted by Gasteiger charge is 2.19. The van der Waals surface area contributed by atoms with E-state index in [0.29, 0.717) is 24.9 Å². The number of aromatic nitrogens is 4. The predicted octanol–water partition coefficient (Wildman–Crippen LogP) is 2.60. The summed E-state index contributed by atoms with van der Waals surface area (Å²) in [5.74, 6) is 2.09. The Bertz CT molecular complexity index is 1130. The molecule has 4 aromatic rings. The lowest BCUT2D eigenvalue weighted by molar-refractivity contribution is 0.122. The Balaban J connectivity index is 1.79. The number of nitrogen functional groups attached to an aromatic ring is 1. The maximum absolute atomic E-state index is 5.74. The largest absolute Gasteiger partial charge is 0.384 e. The molecule has 0 amide bonds. The molecule has 4 heterocycles. The molecule has 2 N–H and O–H groups in total. The molecule has 0 aliphatic carbocycles. The molecule has 1 saturated heterocycles. The smallest absolute Gasteiger partial charge is 0.163 e. The first-order valence-electron chi connectivity index (χ1n) is 9.01. The molecule has 136 valence electrons. The molecule has 5 rings (SSSR count). The molecule has 0 radical (unpaired) electrons. The van der Waals surface area contributed by atoms with Crippen molar-refractivity contribution in [1.82, 2.24) is 19.5 Å². The number of nitrogens with zero attached hydrogens (tertiary/aromatic N) is 5. The molecule has 27 heavy (non-hydrogen) atoms. The molecule has 1 aliphatic heterocycles. The van der Waals surface area contributed by atoms with E-state index in [9.17, 15) is 0 Å². The van der Waals surface area contributed by atoms with Crippen LogP contribution >= 0.6 is 0 Å². The van der Waals surface area contributed by atoms with Crippen LogP contribution in [-0.4, -0.2) is 45.8 Å². The van der Waals surface area contributed by atoms with Crippen molar-refractivity contribution in [3.8, 4) is 11.4 Å². The van der Waals surface area contributed by atoms with Gasteiger partial charge in [-0.2, -0.15) is 0 Å². The lowest BCUT2D eigenvalue weighted by Crippen LogP contribution is -2.37. The number of pyridine rings is 1. The zero-order valence-electron chi connectivity index (χ0n) is 15.1. The van der Waals surface area contributed by atoms with Gasteiger partial charge in [-0.15, -0.1) is 0 Å². The maximum Gasteiger partial charge on any atom is 0.163 e. The van der Waals surface area contributed by atoms with Crippen molar-refractivity contribution in [3.63, 3.8) is 0 Å². The molecule has 7 nitrogen and oxygen atoms in total. The average Bonchev–Trinajstić information content (AvgIpc) is 3.10. The van der Waals surface area contributed by atoms with E-state index < -0.39 is 0 Å². The van der Waals surface area contributed by atoms with Crippen molar-refractivity contribution in [3.05, 3.63) is 42.7 Å². The van der Waals surface area contributed by atoms with Gasteiger partial charge in [-0.25, -0.2) is 15.0 Å². The van der Waals surface area contributed by atoms with Crippen LogP contribution in [0.5, 0.6) is 0 Å². The molecule has 0 saturated carbocycles. The SMILES string of the molecule is Cn1ccc2c3nc(-c4ccc(N)nc4)nc(N4CCOCC4)c3ccc21. The van der Waals surface area contributed by atoms with E-state index in [0.717, 1.165) is 46.3 Å². The van der Waals surface area contributed by atoms with E-state index in [-0.39, 0.29) is 0 Å². The van der Waals surface area contributed by atoms with Crippen LogP contribution in [0.25, 0.3) is 33.2 Å². The summed E-state index contributed by atoms with van der Waals surface area (Å²) in [6.45, 7) is 3.05. The summed E-state index contributed by atoms with van der Waals surface area (Å²) in [5.41, 5.74) is 8.70. The van der Waals surface area contributed by atoms with Gasteiger partial charge in [0, 0.05) is 54.4 Å². The van der Waals surface area contributed by atoms with Crippen LogP contribution < -0.4 is 10.6 Å². The fourth-order valence-corrected chi connectivity index (χ4v) is 3.61. The predicted molar refractivity (Wildman–Crippen MR) is 107 cm³/mol. The molecule has 0 bridgehead atoms. The van der Waals surface area contributed by atoms with Gasteiger partial charge in [0.05, 0.1) is 18.7 Å². The van der Waals surface area contributed by atoms with Crippen LogP contribution in [0.4, 0.5) is 11.6 Å². The fourth-order valence-electron chi connectivity index (χ4n) is 3.61. The van der Waals surface area contributed by atoms with Crippen molar-refractivity contribution < 1.29 is 4.74 Å². The van der Waals surface area contributed by atoms with Crippen molar-refractivity contribution >= 4 is 33.4 Å². The second-order valence-corrected chi connectivity index (χ2v) is 6.76. The number of hydrogen-bond donors (Lipinski definition) is 1. The molecule has 7 heteroatoms. The van der Waals surface area contributed by atoms with Crippen molar-refractivity contribution in [2.24, 2.45) is 7.05 Å². The van der Waals surface area contributed by atoms with Crippen molar-refractivity contribution in [1.29, 1.82) is 0 Å². The van der Waals surface area contributed by atoms with Crippen LogP contribution in [0.15, 0.2) is 42.7 Å².